The fourth-order valence-corrected chi connectivity index (χ4v) is 4.34. The van der Waals surface area contributed by atoms with E-state index in [0.717, 1.165) is 25.7 Å². The van der Waals surface area contributed by atoms with Crippen molar-refractivity contribution in [3.8, 4) is 0 Å². The number of nitrogens with one attached hydrogen (secondary N) is 1. The minimum absolute atomic E-state index is 0.0633. The first kappa shape index (κ1) is 20.6. The van der Waals surface area contributed by atoms with Gasteiger partial charge in [0.15, 0.2) is 0 Å². The maximum atomic E-state index is 12.6. The van der Waals surface area contributed by atoms with Crippen LogP contribution >= 0.6 is 0 Å². The smallest absolute Gasteiger partial charge is 0.293 e. The summed E-state index contributed by atoms with van der Waals surface area (Å²) in [6.07, 6.45) is 0. The minimum atomic E-state index is -3.73. The number of hydrogen-bond acceptors (Lipinski definition) is 7. The van der Waals surface area contributed by atoms with Crippen molar-refractivity contribution >= 4 is 21.4 Å². The molecule has 0 atom stereocenters. The van der Waals surface area contributed by atoms with Gasteiger partial charge in [-0.05, 0) is 12.1 Å². The number of benzene rings is 1. The van der Waals surface area contributed by atoms with Crippen molar-refractivity contribution in [1.82, 2.24) is 9.21 Å². The van der Waals surface area contributed by atoms with Crippen LogP contribution < -0.4 is 5.32 Å². The highest BCUT2D eigenvalue weighted by molar-refractivity contribution is 7.89. The molecule has 26 heavy (non-hydrogen) atoms. The van der Waals surface area contributed by atoms with Crippen LogP contribution in [0.4, 0.5) is 11.4 Å². The maximum Gasteiger partial charge on any atom is 0.293 e. The average molecular weight is 386 g/mol. The number of anilines is 1. The normalized spacial score (nSPS) is 16.0. The van der Waals surface area contributed by atoms with Crippen molar-refractivity contribution in [3.63, 3.8) is 0 Å². The van der Waals surface area contributed by atoms with Crippen molar-refractivity contribution in [3.05, 3.63) is 28.3 Å². The zero-order chi connectivity index (χ0) is 19.2. The second-order valence-corrected chi connectivity index (χ2v) is 7.84. The summed E-state index contributed by atoms with van der Waals surface area (Å²) < 4.78 is 31.7. The van der Waals surface area contributed by atoms with Crippen LogP contribution in [-0.2, 0) is 14.8 Å². The van der Waals surface area contributed by atoms with E-state index in [-0.39, 0.29) is 10.6 Å². The third-order valence-electron chi connectivity index (χ3n) is 4.36. The Labute approximate surface area is 154 Å². The Morgan fingerprint density at radius 3 is 2.50 bits per heavy atom. The van der Waals surface area contributed by atoms with Crippen molar-refractivity contribution in [2.75, 3.05) is 57.8 Å². The Morgan fingerprint density at radius 2 is 1.92 bits per heavy atom. The molecule has 10 heteroatoms. The summed E-state index contributed by atoms with van der Waals surface area (Å²) in [5, 5.41) is 14.5. The molecule has 0 radical (unpaired) electrons. The van der Waals surface area contributed by atoms with Gasteiger partial charge in [-0.15, -0.1) is 0 Å². The molecule has 146 valence electrons. The van der Waals surface area contributed by atoms with E-state index < -0.39 is 14.9 Å². The SMILES string of the molecule is CCN(CC)S(=O)(=O)c1ccc(NCCN2CCOCC2)c([N+](=O)[O-])c1. The quantitative estimate of drug-likeness (QED) is 0.505. The number of ether oxygens (including phenoxy) is 1. The van der Waals surface area contributed by atoms with Gasteiger partial charge in [-0.1, -0.05) is 13.8 Å². The van der Waals surface area contributed by atoms with E-state index in [1.807, 2.05) is 0 Å². The first-order valence-corrected chi connectivity index (χ1v) is 10.2. The Kier molecular flexibility index (Phi) is 7.33. The van der Waals surface area contributed by atoms with Crippen LogP contribution in [0, 0.1) is 10.1 Å². The predicted octanol–water partition coefficient (Wildman–Crippen LogP) is 1.37. The molecule has 1 aliphatic rings. The Morgan fingerprint density at radius 1 is 1.27 bits per heavy atom. The maximum absolute atomic E-state index is 12.6. The third kappa shape index (κ3) is 4.91. The highest BCUT2D eigenvalue weighted by atomic mass is 32.2. The van der Waals surface area contributed by atoms with Crippen molar-refractivity contribution in [2.24, 2.45) is 0 Å². The third-order valence-corrected chi connectivity index (χ3v) is 6.40. The topological polar surface area (TPSA) is 105 Å². The van der Waals surface area contributed by atoms with Crippen molar-refractivity contribution in [2.45, 2.75) is 18.7 Å². The van der Waals surface area contributed by atoms with Gasteiger partial charge in [-0.2, -0.15) is 4.31 Å². The molecule has 1 fully saturated rings. The lowest BCUT2D eigenvalue weighted by atomic mass is 10.2. The van der Waals surface area contributed by atoms with E-state index in [0.29, 0.717) is 38.5 Å². The molecular weight excluding hydrogens is 360 g/mol. The Bertz CT molecular complexity index is 715. The van der Waals surface area contributed by atoms with Gasteiger partial charge in [0.2, 0.25) is 10.0 Å². The van der Waals surface area contributed by atoms with Gasteiger partial charge >= 0.3 is 0 Å². The highest BCUT2D eigenvalue weighted by Gasteiger charge is 2.25. The van der Waals surface area contributed by atoms with Gasteiger partial charge in [0.25, 0.3) is 5.69 Å². The van der Waals surface area contributed by atoms with Crippen LogP contribution in [0.15, 0.2) is 23.1 Å². The number of sulfonamides is 1. The molecule has 1 saturated heterocycles. The van der Waals surface area contributed by atoms with Crippen LogP contribution in [0.3, 0.4) is 0 Å². The molecule has 2 rings (SSSR count). The first-order valence-electron chi connectivity index (χ1n) is 8.72. The standard InChI is InChI=1S/C16H26N4O5S/c1-3-19(4-2)26(23,24)14-5-6-15(16(13-14)20(21)22)17-7-8-18-9-11-25-12-10-18/h5-6,13,17H,3-4,7-12H2,1-2H3. The molecule has 1 aromatic carbocycles. The summed E-state index contributed by atoms with van der Waals surface area (Å²) in [4.78, 5) is 13.0. The zero-order valence-electron chi connectivity index (χ0n) is 15.2. The lowest BCUT2D eigenvalue weighted by Gasteiger charge is -2.26. The molecule has 1 aliphatic heterocycles. The fourth-order valence-electron chi connectivity index (χ4n) is 2.86. The Balaban J connectivity index is 2.14. The first-order chi connectivity index (χ1) is 12.4. The fraction of sp³-hybridized carbons (Fsp3) is 0.625. The molecule has 1 aromatic rings. The van der Waals surface area contributed by atoms with E-state index in [1.54, 1.807) is 13.8 Å². The lowest BCUT2D eigenvalue weighted by Crippen LogP contribution is -2.39. The molecule has 9 nitrogen and oxygen atoms in total. The molecule has 0 aromatic heterocycles. The molecule has 0 unspecified atom stereocenters. The monoisotopic (exact) mass is 386 g/mol. The number of morpholine rings is 1. The van der Waals surface area contributed by atoms with E-state index >= 15 is 0 Å². The number of nitro benzene ring substituents is 1. The number of nitro groups is 1. The molecule has 0 aliphatic carbocycles. The van der Waals surface area contributed by atoms with Crippen LogP contribution in [0.25, 0.3) is 0 Å². The molecule has 0 spiro atoms. The minimum Gasteiger partial charge on any atom is -0.379 e. The van der Waals surface area contributed by atoms with Gasteiger partial charge in [-0.25, -0.2) is 8.42 Å². The largest absolute Gasteiger partial charge is 0.379 e. The van der Waals surface area contributed by atoms with Crippen LogP contribution in [0.1, 0.15) is 13.8 Å². The van der Waals surface area contributed by atoms with E-state index in [2.05, 4.69) is 10.2 Å². The zero-order valence-corrected chi connectivity index (χ0v) is 16.0. The molecule has 1 heterocycles. The summed E-state index contributed by atoms with van der Waals surface area (Å²) in [6.45, 7) is 8.42. The molecule has 0 saturated carbocycles. The summed E-state index contributed by atoms with van der Waals surface area (Å²) in [5.41, 5.74) is 0.0852. The molecule has 1 N–H and O–H groups in total. The van der Waals surface area contributed by atoms with E-state index in [4.69, 9.17) is 4.74 Å². The summed E-state index contributed by atoms with van der Waals surface area (Å²) in [6, 6.07) is 4.01. The van der Waals surface area contributed by atoms with Crippen LogP contribution in [-0.4, -0.2) is 75.0 Å². The second kappa shape index (κ2) is 9.26. The van der Waals surface area contributed by atoms with Gasteiger partial charge < -0.3 is 10.1 Å². The van der Waals surface area contributed by atoms with Gasteiger partial charge in [0, 0.05) is 45.3 Å². The molecule has 0 bridgehead atoms. The Hall–Kier alpha value is -1.75. The lowest BCUT2D eigenvalue weighted by molar-refractivity contribution is -0.384. The summed E-state index contributed by atoms with van der Waals surface area (Å²) in [5.74, 6) is 0. The van der Waals surface area contributed by atoms with Gasteiger partial charge in [-0.3, -0.25) is 15.0 Å². The van der Waals surface area contributed by atoms with Crippen molar-refractivity contribution < 1.29 is 18.1 Å². The molecule has 0 amide bonds. The van der Waals surface area contributed by atoms with E-state index in [9.17, 15) is 18.5 Å². The highest BCUT2D eigenvalue weighted by Crippen LogP contribution is 2.28. The van der Waals surface area contributed by atoms with Gasteiger partial charge in [0.1, 0.15) is 5.69 Å². The average Bonchev–Trinajstić information content (AvgIpc) is 2.63. The number of rotatable bonds is 9. The van der Waals surface area contributed by atoms with Gasteiger partial charge in [0.05, 0.1) is 23.0 Å². The summed E-state index contributed by atoms with van der Waals surface area (Å²) >= 11 is 0. The summed E-state index contributed by atoms with van der Waals surface area (Å²) in [7, 11) is -3.73. The predicted molar refractivity (Wildman–Crippen MR) is 99.0 cm³/mol. The van der Waals surface area contributed by atoms with Crippen LogP contribution in [0.5, 0.6) is 0 Å². The number of nitrogens with zero attached hydrogens (tertiary/aromatic N) is 3. The van der Waals surface area contributed by atoms with Crippen LogP contribution in [0.2, 0.25) is 0 Å². The van der Waals surface area contributed by atoms with E-state index in [1.165, 1.54) is 16.4 Å². The molecular formula is C16H26N4O5S. The van der Waals surface area contributed by atoms with Crippen molar-refractivity contribution in [1.29, 1.82) is 0 Å². The number of hydrogen-bond donors (Lipinski definition) is 1. The second-order valence-electron chi connectivity index (χ2n) is 5.91.